The van der Waals surface area contributed by atoms with E-state index in [-0.39, 0.29) is 5.97 Å². The van der Waals surface area contributed by atoms with E-state index in [1.165, 1.54) is 10.8 Å². The Morgan fingerprint density at radius 3 is 2.46 bits per heavy atom. The third kappa shape index (κ3) is 2.50. The van der Waals surface area contributed by atoms with Gasteiger partial charge >= 0.3 is 5.97 Å². The van der Waals surface area contributed by atoms with Crippen molar-refractivity contribution in [1.82, 2.24) is 0 Å². The van der Waals surface area contributed by atoms with Gasteiger partial charge in [0.15, 0.2) is 0 Å². The first-order valence-electron chi connectivity index (χ1n) is 8.32. The van der Waals surface area contributed by atoms with Gasteiger partial charge < -0.3 is 4.74 Å². The highest BCUT2D eigenvalue weighted by Crippen LogP contribution is 2.34. The summed E-state index contributed by atoms with van der Waals surface area (Å²) in [6.07, 6.45) is 3.94. The number of ether oxygens (including phenoxy) is 1. The number of hydrogen-bond donors (Lipinski definition) is 0. The Hall–Kier alpha value is -2.87. The number of allylic oxidation sites excluding steroid dienone is 1. The highest BCUT2D eigenvalue weighted by molar-refractivity contribution is 6.03. The quantitative estimate of drug-likeness (QED) is 0.569. The van der Waals surface area contributed by atoms with Crippen molar-refractivity contribution in [2.75, 3.05) is 0 Å². The molecule has 0 atom stereocenters. The summed E-state index contributed by atoms with van der Waals surface area (Å²) < 4.78 is 5.42. The molecule has 0 fully saturated rings. The SMILES string of the molecule is CCC/C=C1\OC(=O)c2ccc(-c3ccc4ccccc4c3)cc21. The number of carbonyl (C=O) groups is 1. The van der Waals surface area contributed by atoms with Gasteiger partial charge in [-0.05, 0) is 52.6 Å². The van der Waals surface area contributed by atoms with E-state index >= 15 is 0 Å². The van der Waals surface area contributed by atoms with E-state index in [4.69, 9.17) is 4.74 Å². The molecule has 118 valence electrons. The number of rotatable bonds is 3. The van der Waals surface area contributed by atoms with E-state index in [1.807, 2.05) is 30.3 Å². The molecule has 3 aromatic rings. The topological polar surface area (TPSA) is 26.3 Å². The van der Waals surface area contributed by atoms with Gasteiger partial charge in [0, 0.05) is 5.56 Å². The van der Waals surface area contributed by atoms with Crippen LogP contribution in [0.2, 0.25) is 0 Å². The minimum atomic E-state index is -0.252. The van der Waals surface area contributed by atoms with Gasteiger partial charge in [-0.25, -0.2) is 4.79 Å². The van der Waals surface area contributed by atoms with Crippen LogP contribution in [-0.4, -0.2) is 5.97 Å². The molecule has 4 rings (SSSR count). The first-order valence-corrected chi connectivity index (χ1v) is 8.32. The normalized spacial score (nSPS) is 14.9. The van der Waals surface area contributed by atoms with Crippen LogP contribution in [0.3, 0.4) is 0 Å². The number of fused-ring (bicyclic) bond motifs is 2. The molecule has 0 radical (unpaired) electrons. The summed E-state index contributed by atoms with van der Waals surface area (Å²) in [5.41, 5.74) is 3.80. The molecule has 1 heterocycles. The van der Waals surface area contributed by atoms with Crippen LogP contribution in [0.25, 0.3) is 27.7 Å². The maximum absolute atomic E-state index is 12.0. The molecule has 24 heavy (non-hydrogen) atoms. The largest absolute Gasteiger partial charge is 0.423 e. The lowest BCUT2D eigenvalue weighted by Crippen LogP contribution is -1.93. The first kappa shape index (κ1) is 14.7. The van der Waals surface area contributed by atoms with E-state index in [0.29, 0.717) is 11.3 Å². The lowest BCUT2D eigenvalue weighted by atomic mass is 9.97. The van der Waals surface area contributed by atoms with Crippen LogP contribution in [0.5, 0.6) is 0 Å². The second-order valence-electron chi connectivity index (χ2n) is 6.07. The average Bonchev–Trinajstić information content (AvgIpc) is 2.95. The second kappa shape index (κ2) is 5.97. The molecule has 1 aliphatic heterocycles. The van der Waals surface area contributed by atoms with Gasteiger partial charge in [-0.2, -0.15) is 0 Å². The molecule has 0 aliphatic carbocycles. The molecule has 0 unspecified atom stereocenters. The number of benzene rings is 3. The van der Waals surface area contributed by atoms with Crippen molar-refractivity contribution in [3.63, 3.8) is 0 Å². The van der Waals surface area contributed by atoms with Crippen LogP contribution in [-0.2, 0) is 4.74 Å². The number of esters is 1. The van der Waals surface area contributed by atoms with Crippen molar-refractivity contribution in [2.45, 2.75) is 19.8 Å². The maximum Gasteiger partial charge on any atom is 0.344 e. The molecule has 0 spiro atoms. The Morgan fingerprint density at radius 1 is 0.875 bits per heavy atom. The monoisotopic (exact) mass is 314 g/mol. The molecule has 2 nitrogen and oxygen atoms in total. The molecule has 0 bridgehead atoms. The van der Waals surface area contributed by atoms with Crippen molar-refractivity contribution in [1.29, 1.82) is 0 Å². The Bertz CT molecular complexity index is 967. The third-order valence-electron chi connectivity index (χ3n) is 4.41. The number of carbonyl (C=O) groups excluding carboxylic acids is 1. The van der Waals surface area contributed by atoms with Gasteiger partial charge in [0.2, 0.25) is 0 Å². The van der Waals surface area contributed by atoms with E-state index in [9.17, 15) is 4.79 Å². The van der Waals surface area contributed by atoms with Crippen LogP contribution in [0.1, 0.15) is 35.7 Å². The van der Waals surface area contributed by atoms with Crippen molar-refractivity contribution in [3.05, 3.63) is 77.9 Å². The van der Waals surface area contributed by atoms with E-state index in [0.717, 1.165) is 29.5 Å². The average molecular weight is 314 g/mol. The van der Waals surface area contributed by atoms with Crippen LogP contribution < -0.4 is 0 Å². The van der Waals surface area contributed by atoms with Gasteiger partial charge in [-0.1, -0.05) is 55.8 Å². The molecule has 1 aliphatic rings. The fourth-order valence-electron chi connectivity index (χ4n) is 3.11. The Kier molecular flexibility index (Phi) is 3.66. The van der Waals surface area contributed by atoms with Crippen molar-refractivity contribution >= 4 is 22.5 Å². The second-order valence-corrected chi connectivity index (χ2v) is 6.07. The Balaban J connectivity index is 1.80. The number of unbranched alkanes of at least 4 members (excludes halogenated alkanes) is 1. The summed E-state index contributed by atoms with van der Waals surface area (Å²) in [6, 6.07) is 20.7. The van der Waals surface area contributed by atoms with Crippen LogP contribution in [0.15, 0.2) is 66.7 Å². The van der Waals surface area contributed by atoms with E-state index < -0.39 is 0 Å². The summed E-state index contributed by atoms with van der Waals surface area (Å²) in [5.74, 6) is 0.442. The number of cyclic esters (lactones) is 1. The highest BCUT2D eigenvalue weighted by atomic mass is 16.5. The van der Waals surface area contributed by atoms with Crippen LogP contribution >= 0.6 is 0 Å². The smallest absolute Gasteiger partial charge is 0.344 e. The minimum Gasteiger partial charge on any atom is -0.423 e. The zero-order valence-corrected chi connectivity index (χ0v) is 13.6. The molecule has 3 aromatic carbocycles. The molecule has 0 saturated carbocycles. The van der Waals surface area contributed by atoms with Crippen LogP contribution in [0.4, 0.5) is 0 Å². The Morgan fingerprint density at radius 2 is 1.62 bits per heavy atom. The van der Waals surface area contributed by atoms with Crippen molar-refractivity contribution in [3.8, 4) is 11.1 Å². The molecule has 0 saturated heterocycles. The van der Waals surface area contributed by atoms with Gasteiger partial charge in [0.1, 0.15) is 5.76 Å². The summed E-state index contributed by atoms with van der Waals surface area (Å²) in [7, 11) is 0. The minimum absolute atomic E-state index is 0.252. The van der Waals surface area contributed by atoms with E-state index in [1.54, 1.807) is 0 Å². The summed E-state index contributed by atoms with van der Waals surface area (Å²) >= 11 is 0. The Labute approximate surface area is 141 Å². The highest BCUT2D eigenvalue weighted by Gasteiger charge is 2.26. The summed E-state index contributed by atoms with van der Waals surface area (Å²) in [5, 5.41) is 2.44. The summed E-state index contributed by atoms with van der Waals surface area (Å²) in [4.78, 5) is 12.0. The third-order valence-corrected chi connectivity index (χ3v) is 4.41. The molecule has 2 heteroatoms. The van der Waals surface area contributed by atoms with Crippen molar-refractivity contribution < 1.29 is 9.53 Å². The molecule has 0 amide bonds. The fourth-order valence-corrected chi connectivity index (χ4v) is 3.11. The molecule has 0 N–H and O–H groups in total. The predicted molar refractivity (Wildman–Crippen MR) is 97.7 cm³/mol. The fraction of sp³-hybridized carbons (Fsp3) is 0.136. The summed E-state index contributed by atoms with van der Waals surface area (Å²) in [6.45, 7) is 2.11. The zero-order valence-electron chi connectivity index (χ0n) is 13.6. The van der Waals surface area contributed by atoms with Gasteiger partial charge in [0.05, 0.1) is 5.56 Å². The van der Waals surface area contributed by atoms with Gasteiger partial charge in [-0.3, -0.25) is 0 Å². The lowest BCUT2D eigenvalue weighted by molar-refractivity contribution is 0.0715. The van der Waals surface area contributed by atoms with Crippen molar-refractivity contribution in [2.24, 2.45) is 0 Å². The molecular formula is C22H18O2. The molecule has 0 aromatic heterocycles. The van der Waals surface area contributed by atoms with Crippen LogP contribution in [0, 0.1) is 0 Å². The lowest BCUT2D eigenvalue weighted by Gasteiger charge is -2.06. The molecular weight excluding hydrogens is 296 g/mol. The number of hydrogen-bond acceptors (Lipinski definition) is 2. The maximum atomic E-state index is 12.0. The zero-order chi connectivity index (χ0) is 16.5. The predicted octanol–water partition coefficient (Wildman–Crippen LogP) is 5.82. The van der Waals surface area contributed by atoms with Gasteiger partial charge in [0.25, 0.3) is 0 Å². The first-order chi connectivity index (χ1) is 11.8. The standard InChI is InChI=1S/C22H18O2/c1-2-3-8-21-20-14-18(11-12-19(20)22(23)24-21)17-10-9-15-6-4-5-7-16(15)13-17/h4-14H,2-3H2,1H3/b21-8-. The van der Waals surface area contributed by atoms with E-state index in [2.05, 4.69) is 43.3 Å². The van der Waals surface area contributed by atoms with Gasteiger partial charge in [-0.15, -0.1) is 0 Å².